The van der Waals surface area contributed by atoms with E-state index in [1.165, 1.54) is 6.92 Å². The van der Waals surface area contributed by atoms with E-state index in [0.29, 0.717) is 24.8 Å². The van der Waals surface area contributed by atoms with Gasteiger partial charge in [0, 0.05) is 32.3 Å². The number of nitrogens with zero attached hydrogens (tertiary/aromatic N) is 4. The molecule has 1 aliphatic rings. The van der Waals surface area contributed by atoms with Crippen LogP contribution >= 0.6 is 0 Å². The van der Waals surface area contributed by atoms with Crippen molar-refractivity contribution < 1.29 is 14.1 Å². The maximum Gasteiger partial charge on any atom is 0.240 e. The van der Waals surface area contributed by atoms with Gasteiger partial charge in [-0.25, -0.2) is 0 Å². The van der Waals surface area contributed by atoms with Crippen molar-refractivity contribution in [2.75, 3.05) is 13.1 Å². The molecule has 0 aliphatic carbocycles. The van der Waals surface area contributed by atoms with E-state index in [1.807, 2.05) is 19.1 Å². The highest BCUT2D eigenvalue weighted by atomic mass is 16.5. The van der Waals surface area contributed by atoms with Crippen molar-refractivity contribution >= 4 is 5.91 Å². The minimum atomic E-state index is -0.0779. The maximum absolute atomic E-state index is 11.0. The molecular formula is C16H21N5O3. The Labute approximate surface area is 140 Å². The minimum absolute atomic E-state index is 0.0779. The predicted molar refractivity (Wildman–Crippen MR) is 85.1 cm³/mol. The Morgan fingerprint density at radius 1 is 1.54 bits per heavy atom. The Hall–Kier alpha value is -2.48. The Kier molecular flexibility index (Phi) is 5.05. The van der Waals surface area contributed by atoms with Crippen molar-refractivity contribution in [2.24, 2.45) is 0 Å². The first-order valence-electron chi connectivity index (χ1n) is 7.96. The van der Waals surface area contributed by atoms with Crippen molar-refractivity contribution in [2.45, 2.75) is 39.5 Å². The molecule has 2 aromatic rings. The Morgan fingerprint density at radius 3 is 3.17 bits per heavy atom. The number of pyridine rings is 1. The van der Waals surface area contributed by atoms with E-state index in [9.17, 15) is 4.79 Å². The number of ether oxygens (including phenoxy) is 1. The van der Waals surface area contributed by atoms with Gasteiger partial charge in [0.1, 0.15) is 11.9 Å². The number of rotatable bonds is 6. The number of carbonyl (C=O) groups is 1. The Balaban J connectivity index is 1.51. The van der Waals surface area contributed by atoms with E-state index >= 15 is 0 Å². The molecule has 1 aliphatic heterocycles. The monoisotopic (exact) mass is 331 g/mol. The number of amides is 1. The third-order valence-corrected chi connectivity index (χ3v) is 3.77. The molecule has 24 heavy (non-hydrogen) atoms. The van der Waals surface area contributed by atoms with Gasteiger partial charge in [-0.3, -0.25) is 14.7 Å². The minimum Gasteiger partial charge on any atom is -0.489 e. The molecule has 1 fully saturated rings. The third kappa shape index (κ3) is 4.51. The smallest absolute Gasteiger partial charge is 0.240 e. The second-order valence-corrected chi connectivity index (χ2v) is 5.89. The number of nitrogens with one attached hydrogen (secondary N) is 1. The number of aromatic nitrogens is 3. The van der Waals surface area contributed by atoms with Gasteiger partial charge in [-0.2, -0.15) is 4.98 Å². The lowest BCUT2D eigenvalue weighted by Crippen LogP contribution is -2.25. The van der Waals surface area contributed by atoms with E-state index in [0.717, 1.165) is 31.0 Å². The first-order valence-corrected chi connectivity index (χ1v) is 7.96. The molecule has 0 aromatic carbocycles. The molecule has 3 rings (SSSR count). The van der Waals surface area contributed by atoms with E-state index < -0.39 is 0 Å². The SMILES string of the molecule is CC(=O)NCc1cc(OC2CCN(Cc3nc(C)no3)C2)ccn1. The second kappa shape index (κ2) is 7.39. The van der Waals surface area contributed by atoms with Crippen molar-refractivity contribution in [3.8, 4) is 5.75 Å². The van der Waals surface area contributed by atoms with Gasteiger partial charge in [0.15, 0.2) is 5.82 Å². The number of hydrogen-bond acceptors (Lipinski definition) is 7. The van der Waals surface area contributed by atoms with Gasteiger partial charge < -0.3 is 14.6 Å². The first kappa shape index (κ1) is 16.4. The Morgan fingerprint density at radius 2 is 2.42 bits per heavy atom. The third-order valence-electron chi connectivity index (χ3n) is 3.77. The average Bonchev–Trinajstić information content (AvgIpc) is 3.15. The van der Waals surface area contributed by atoms with Crippen LogP contribution in [0.25, 0.3) is 0 Å². The van der Waals surface area contributed by atoms with Gasteiger partial charge in [-0.1, -0.05) is 5.16 Å². The Bertz CT molecular complexity index is 703. The molecule has 2 aromatic heterocycles. The van der Waals surface area contributed by atoms with Gasteiger partial charge >= 0.3 is 0 Å². The average molecular weight is 331 g/mol. The zero-order valence-electron chi connectivity index (χ0n) is 13.9. The highest BCUT2D eigenvalue weighted by Crippen LogP contribution is 2.20. The maximum atomic E-state index is 11.0. The highest BCUT2D eigenvalue weighted by molar-refractivity contribution is 5.72. The summed E-state index contributed by atoms with van der Waals surface area (Å²) in [6.07, 6.45) is 2.75. The molecular weight excluding hydrogens is 310 g/mol. The zero-order chi connectivity index (χ0) is 16.9. The number of hydrogen-bond donors (Lipinski definition) is 1. The lowest BCUT2D eigenvalue weighted by molar-refractivity contribution is -0.119. The molecule has 1 saturated heterocycles. The second-order valence-electron chi connectivity index (χ2n) is 5.89. The molecule has 8 nitrogen and oxygen atoms in total. The summed E-state index contributed by atoms with van der Waals surface area (Å²) in [7, 11) is 0. The fourth-order valence-electron chi connectivity index (χ4n) is 2.67. The molecule has 0 spiro atoms. The van der Waals surface area contributed by atoms with Crippen LogP contribution in [0.4, 0.5) is 0 Å². The molecule has 0 saturated carbocycles. The van der Waals surface area contributed by atoms with Gasteiger partial charge in [0.2, 0.25) is 11.8 Å². The molecule has 1 unspecified atom stereocenters. The van der Waals surface area contributed by atoms with Gasteiger partial charge in [-0.05, 0) is 19.4 Å². The molecule has 1 atom stereocenters. The van der Waals surface area contributed by atoms with Crippen LogP contribution in [0, 0.1) is 6.92 Å². The number of likely N-dealkylation sites (tertiary alicyclic amines) is 1. The van der Waals surface area contributed by atoms with Crippen LogP contribution in [0.1, 0.15) is 30.8 Å². The molecule has 0 radical (unpaired) electrons. The summed E-state index contributed by atoms with van der Waals surface area (Å²) in [5.74, 6) is 1.98. The topological polar surface area (TPSA) is 93.4 Å². The van der Waals surface area contributed by atoms with Crippen molar-refractivity contribution in [3.05, 3.63) is 35.7 Å². The predicted octanol–water partition coefficient (Wildman–Crippen LogP) is 1.06. The fourth-order valence-corrected chi connectivity index (χ4v) is 2.67. The fraction of sp³-hybridized carbons (Fsp3) is 0.500. The molecule has 128 valence electrons. The van der Waals surface area contributed by atoms with E-state index in [4.69, 9.17) is 9.26 Å². The summed E-state index contributed by atoms with van der Waals surface area (Å²) in [6.45, 7) is 6.08. The van der Waals surface area contributed by atoms with Crippen LogP contribution in [0.5, 0.6) is 5.75 Å². The van der Waals surface area contributed by atoms with Crippen molar-refractivity contribution in [1.82, 2.24) is 25.3 Å². The van der Waals surface area contributed by atoms with E-state index in [-0.39, 0.29) is 12.0 Å². The van der Waals surface area contributed by atoms with E-state index in [2.05, 4.69) is 25.3 Å². The molecule has 3 heterocycles. The lowest BCUT2D eigenvalue weighted by atomic mass is 10.3. The van der Waals surface area contributed by atoms with E-state index in [1.54, 1.807) is 6.20 Å². The summed E-state index contributed by atoms with van der Waals surface area (Å²) in [5, 5.41) is 6.53. The summed E-state index contributed by atoms with van der Waals surface area (Å²) in [5.41, 5.74) is 0.777. The molecule has 8 heteroatoms. The standard InChI is InChI=1S/C16H21N5O3/c1-11-19-16(24-20-11)10-21-6-4-15(9-21)23-14-3-5-17-13(7-14)8-18-12(2)22/h3,5,7,15H,4,6,8-10H2,1-2H3,(H,18,22). The molecule has 0 bridgehead atoms. The van der Waals surface area contributed by atoms with Gasteiger partial charge in [0.25, 0.3) is 0 Å². The van der Waals surface area contributed by atoms with Crippen LogP contribution < -0.4 is 10.1 Å². The quantitative estimate of drug-likeness (QED) is 0.846. The highest BCUT2D eigenvalue weighted by Gasteiger charge is 2.25. The summed E-state index contributed by atoms with van der Waals surface area (Å²) >= 11 is 0. The number of carbonyl (C=O) groups excluding carboxylic acids is 1. The summed E-state index contributed by atoms with van der Waals surface area (Å²) in [6, 6.07) is 3.70. The molecule has 1 N–H and O–H groups in total. The lowest BCUT2D eigenvalue weighted by Gasteiger charge is -2.15. The van der Waals surface area contributed by atoms with Gasteiger partial charge in [-0.15, -0.1) is 0 Å². The van der Waals surface area contributed by atoms with Crippen LogP contribution in [-0.4, -0.2) is 45.1 Å². The van der Waals surface area contributed by atoms with Crippen LogP contribution in [-0.2, 0) is 17.9 Å². The van der Waals surface area contributed by atoms with Crippen LogP contribution in [0.15, 0.2) is 22.9 Å². The van der Waals surface area contributed by atoms with Crippen LogP contribution in [0.3, 0.4) is 0 Å². The van der Waals surface area contributed by atoms with Crippen molar-refractivity contribution in [3.63, 3.8) is 0 Å². The summed E-state index contributed by atoms with van der Waals surface area (Å²) < 4.78 is 11.2. The zero-order valence-corrected chi connectivity index (χ0v) is 13.9. The number of aryl methyl sites for hydroxylation is 1. The van der Waals surface area contributed by atoms with Gasteiger partial charge in [0.05, 0.1) is 18.8 Å². The molecule has 1 amide bonds. The summed E-state index contributed by atoms with van der Waals surface area (Å²) in [4.78, 5) is 21.7. The van der Waals surface area contributed by atoms with Crippen molar-refractivity contribution in [1.29, 1.82) is 0 Å². The normalized spacial score (nSPS) is 17.8. The largest absolute Gasteiger partial charge is 0.489 e. The first-order chi connectivity index (χ1) is 11.6. The van der Waals surface area contributed by atoms with Crippen LogP contribution in [0.2, 0.25) is 0 Å².